The summed E-state index contributed by atoms with van der Waals surface area (Å²) < 4.78 is 5.22. The van der Waals surface area contributed by atoms with Crippen molar-refractivity contribution in [2.24, 2.45) is 0 Å². The number of nitrogens with zero attached hydrogens (tertiary/aromatic N) is 1. The summed E-state index contributed by atoms with van der Waals surface area (Å²) in [6.45, 7) is 5.94. The number of hydrogen-bond donors (Lipinski definition) is 1. The van der Waals surface area contributed by atoms with Gasteiger partial charge in [-0.1, -0.05) is 19.8 Å². The van der Waals surface area contributed by atoms with Crippen molar-refractivity contribution < 1.29 is 4.74 Å². The van der Waals surface area contributed by atoms with Crippen LogP contribution in [0.2, 0.25) is 0 Å². The lowest BCUT2D eigenvalue weighted by Crippen LogP contribution is -2.32. The van der Waals surface area contributed by atoms with Crippen LogP contribution >= 0.6 is 11.3 Å². The van der Waals surface area contributed by atoms with Gasteiger partial charge in [0, 0.05) is 30.8 Å². The Morgan fingerprint density at radius 3 is 2.94 bits per heavy atom. The number of aromatic nitrogens is 1. The van der Waals surface area contributed by atoms with Crippen LogP contribution < -0.4 is 5.32 Å². The van der Waals surface area contributed by atoms with Crippen LogP contribution in [-0.2, 0) is 11.3 Å². The first-order valence-electron chi connectivity index (χ1n) is 5.90. The molecule has 1 aromatic heterocycles. The van der Waals surface area contributed by atoms with E-state index >= 15 is 0 Å². The minimum atomic E-state index is 0.453. The molecule has 1 heterocycles. The Kier molecular flexibility index (Phi) is 6.61. The van der Waals surface area contributed by atoms with E-state index in [0.717, 1.165) is 18.2 Å². The van der Waals surface area contributed by atoms with Crippen LogP contribution in [0.5, 0.6) is 0 Å². The number of unbranched alkanes of at least 4 members (excludes halogenated alkanes) is 1. The smallest absolute Gasteiger partial charge is 0.107 e. The standard InChI is InChI=1S/C12H22N2OS/c1-4-5-6-11(9-15-3)13-8-12-14-7-10(2)16-12/h7,11,13H,4-6,8-9H2,1-3H3. The highest BCUT2D eigenvalue weighted by molar-refractivity contribution is 7.11. The monoisotopic (exact) mass is 242 g/mol. The number of ether oxygens (including phenoxy) is 1. The molecule has 0 aliphatic heterocycles. The van der Waals surface area contributed by atoms with E-state index in [-0.39, 0.29) is 0 Å². The van der Waals surface area contributed by atoms with Gasteiger partial charge >= 0.3 is 0 Å². The third-order valence-corrected chi connectivity index (χ3v) is 3.40. The largest absolute Gasteiger partial charge is 0.383 e. The van der Waals surface area contributed by atoms with Gasteiger partial charge in [0.1, 0.15) is 5.01 Å². The van der Waals surface area contributed by atoms with Crippen LogP contribution in [0.1, 0.15) is 36.1 Å². The predicted octanol–water partition coefficient (Wildman–Crippen LogP) is 2.75. The zero-order valence-electron chi connectivity index (χ0n) is 10.5. The summed E-state index contributed by atoms with van der Waals surface area (Å²) in [5.41, 5.74) is 0. The number of nitrogens with one attached hydrogen (secondary N) is 1. The highest BCUT2D eigenvalue weighted by Gasteiger charge is 2.08. The molecule has 0 aromatic carbocycles. The quantitative estimate of drug-likeness (QED) is 0.761. The predicted molar refractivity (Wildman–Crippen MR) is 68.9 cm³/mol. The van der Waals surface area contributed by atoms with Gasteiger partial charge in [0.15, 0.2) is 0 Å². The number of thiazole rings is 1. The molecule has 0 bridgehead atoms. The summed E-state index contributed by atoms with van der Waals surface area (Å²) in [4.78, 5) is 5.62. The second-order valence-corrected chi connectivity index (χ2v) is 5.36. The van der Waals surface area contributed by atoms with E-state index in [0.29, 0.717) is 6.04 Å². The zero-order valence-corrected chi connectivity index (χ0v) is 11.3. The minimum absolute atomic E-state index is 0.453. The lowest BCUT2D eigenvalue weighted by Gasteiger charge is -2.16. The van der Waals surface area contributed by atoms with E-state index < -0.39 is 0 Å². The molecule has 0 radical (unpaired) electrons. The van der Waals surface area contributed by atoms with Gasteiger partial charge in [-0.2, -0.15) is 0 Å². The third-order valence-electron chi connectivity index (χ3n) is 2.49. The van der Waals surface area contributed by atoms with E-state index in [1.807, 2.05) is 6.20 Å². The summed E-state index contributed by atoms with van der Waals surface area (Å²) in [6.07, 6.45) is 5.59. The lowest BCUT2D eigenvalue weighted by molar-refractivity contribution is 0.160. The molecule has 92 valence electrons. The molecule has 1 N–H and O–H groups in total. The molecule has 0 saturated carbocycles. The highest BCUT2D eigenvalue weighted by Crippen LogP contribution is 2.11. The molecule has 0 amide bonds. The van der Waals surface area contributed by atoms with Crippen molar-refractivity contribution in [3.63, 3.8) is 0 Å². The van der Waals surface area contributed by atoms with Gasteiger partial charge in [-0.3, -0.25) is 0 Å². The summed E-state index contributed by atoms with van der Waals surface area (Å²) in [5.74, 6) is 0. The molecule has 0 spiro atoms. The summed E-state index contributed by atoms with van der Waals surface area (Å²) in [5, 5.41) is 4.67. The molecule has 0 aliphatic rings. The molecule has 1 unspecified atom stereocenters. The van der Waals surface area contributed by atoms with Crippen molar-refractivity contribution in [3.8, 4) is 0 Å². The van der Waals surface area contributed by atoms with Crippen molar-refractivity contribution in [3.05, 3.63) is 16.1 Å². The fourth-order valence-electron chi connectivity index (χ4n) is 1.61. The molecule has 1 aromatic rings. The molecule has 0 aliphatic carbocycles. The molecule has 16 heavy (non-hydrogen) atoms. The maximum atomic E-state index is 5.22. The van der Waals surface area contributed by atoms with Crippen molar-refractivity contribution in [1.29, 1.82) is 0 Å². The van der Waals surface area contributed by atoms with Crippen molar-refractivity contribution in [2.45, 2.75) is 45.7 Å². The Morgan fingerprint density at radius 2 is 2.38 bits per heavy atom. The van der Waals surface area contributed by atoms with Crippen LogP contribution in [0, 0.1) is 6.92 Å². The van der Waals surface area contributed by atoms with Crippen molar-refractivity contribution >= 4 is 11.3 Å². The second-order valence-electron chi connectivity index (χ2n) is 4.04. The van der Waals surface area contributed by atoms with Crippen LogP contribution in [0.3, 0.4) is 0 Å². The van der Waals surface area contributed by atoms with Crippen LogP contribution in [0.4, 0.5) is 0 Å². The maximum Gasteiger partial charge on any atom is 0.107 e. The van der Waals surface area contributed by atoms with E-state index in [4.69, 9.17) is 4.74 Å². The first-order valence-corrected chi connectivity index (χ1v) is 6.71. The van der Waals surface area contributed by atoms with Gasteiger partial charge in [-0.05, 0) is 13.3 Å². The zero-order chi connectivity index (χ0) is 11.8. The van der Waals surface area contributed by atoms with Gasteiger partial charge in [0.05, 0.1) is 6.61 Å². The molecule has 0 fully saturated rings. The molecule has 0 saturated heterocycles. The van der Waals surface area contributed by atoms with E-state index in [1.165, 1.54) is 24.1 Å². The number of hydrogen-bond acceptors (Lipinski definition) is 4. The van der Waals surface area contributed by atoms with Crippen LogP contribution in [0.25, 0.3) is 0 Å². The second kappa shape index (κ2) is 7.76. The van der Waals surface area contributed by atoms with Crippen molar-refractivity contribution in [2.75, 3.05) is 13.7 Å². The maximum absolute atomic E-state index is 5.22. The molecule has 4 heteroatoms. The lowest BCUT2D eigenvalue weighted by atomic mass is 10.1. The topological polar surface area (TPSA) is 34.1 Å². The highest BCUT2D eigenvalue weighted by atomic mass is 32.1. The van der Waals surface area contributed by atoms with Crippen molar-refractivity contribution in [1.82, 2.24) is 10.3 Å². The minimum Gasteiger partial charge on any atom is -0.383 e. The Morgan fingerprint density at radius 1 is 1.56 bits per heavy atom. The number of methoxy groups -OCH3 is 1. The number of rotatable bonds is 8. The van der Waals surface area contributed by atoms with Crippen LogP contribution in [0.15, 0.2) is 6.20 Å². The molecular weight excluding hydrogens is 220 g/mol. The fourth-order valence-corrected chi connectivity index (χ4v) is 2.35. The Labute approximate surface area is 102 Å². The average Bonchev–Trinajstić information content (AvgIpc) is 2.68. The van der Waals surface area contributed by atoms with Gasteiger partial charge in [-0.15, -0.1) is 11.3 Å². The SMILES string of the molecule is CCCCC(COC)NCc1ncc(C)s1. The summed E-state index contributed by atoms with van der Waals surface area (Å²) in [6, 6.07) is 0.453. The molecule has 1 atom stereocenters. The fraction of sp³-hybridized carbons (Fsp3) is 0.750. The summed E-state index contributed by atoms with van der Waals surface area (Å²) in [7, 11) is 1.76. The van der Waals surface area contributed by atoms with E-state index in [2.05, 4.69) is 24.1 Å². The van der Waals surface area contributed by atoms with Gasteiger partial charge in [0.25, 0.3) is 0 Å². The van der Waals surface area contributed by atoms with E-state index in [9.17, 15) is 0 Å². The Hall–Kier alpha value is -0.450. The van der Waals surface area contributed by atoms with E-state index in [1.54, 1.807) is 18.4 Å². The molecule has 3 nitrogen and oxygen atoms in total. The molecular formula is C12H22N2OS. The van der Waals surface area contributed by atoms with Crippen LogP contribution in [-0.4, -0.2) is 24.7 Å². The van der Waals surface area contributed by atoms with Gasteiger partial charge in [-0.25, -0.2) is 4.98 Å². The first kappa shape index (κ1) is 13.6. The van der Waals surface area contributed by atoms with Gasteiger partial charge in [0.2, 0.25) is 0 Å². The Balaban J connectivity index is 2.30. The molecule has 1 rings (SSSR count). The number of aryl methyl sites for hydroxylation is 1. The third kappa shape index (κ3) is 5.05. The Bertz CT molecular complexity index is 288. The first-order chi connectivity index (χ1) is 7.76. The normalized spacial score (nSPS) is 12.9. The average molecular weight is 242 g/mol. The van der Waals surface area contributed by atoms with Gasteiger partial charge < -0.3 is 10.1 Å². The summed E-state index contributed by atoms with van der Waals surface area (Å²) >= 11 is 1.76.